The molecule has 0 fully saturated rings. The quantitative estimate of drug-likeness (QED) is 0.897. The van der Waals surface area contributed by atoms with Gasteiger partial charge in [0.1, 0.15) is 5.75 Å². The molecule has 0 bridgehead atoms. The first-order valence-corrected chi connectivity index (χ1v) is 8.57. The number of hydrogen-bond acceptors (Lipinski definition) is 3. The number of amides is 1. The minimum absolute atomic E-state index is 0.00904. The van der Waals surface area contributed by atoms with E-state index in [4.69, 9.17) is 4.74 Å². The number of carbonyl (C=O) groups excluding carboxylic acids is 1. The lowest BCUT2D eigenvalue weighted by Crippen LogP contribution is -2.06. The summed E-state index contributed by atoms with van der Waals surface area (Å²) < 4.78 is 5.74. The zero-order valence-corrected chi connectivity index (χ0v) is 14.1. The topological polar surface area (TPSA) is 38.3 Å². The summed E-state index contributed by atoms with van der Waals surface area (Å²) in [6.07, 6.45) is 3.08. The number of ether oxygens (including phenoxy) is 1. The maximum absolute atomic E-state index is 11.3. The monoisotopic (exact) mass is 315 g/mol. The van der Waals surface area contributed by atoms with Crippen LogP contribution < -0.4 is 10.1 Å². The Hall–Kier alpha value is -1.81. The Kier molecular flexibility index (Phi) is 4.21. The zero-order valence-electron chi connectivity index (χ0n) is 13.3. The highest BCUT2D eigenvalue weighted by Crippen LogP contribution is 2.45. The molecule has 4 heteroatoms. The molecule has 0 radical (unpaired) electrons. The van der Waals surface area contributed by atoms with Gasteiger partial charge < -0.3 is 10.1 Å². The third-order valence-corrected chi connectivity index (χ3v) is 5.28. The van der Waals surface area contributed by atoms with Crippen molar-refractivity contribution in [2.45, 2.75) is 40.0 Å². The molecule has 3 rings (SSSR count). The second-order valence-corrected chi connectivity index (χ2v) is 6.73. The van der Waals surface area contributed by atoms with Gasteiger partial charge >= 0.3 is 0 Å². The second-order valence-electron chi connectivity index (χ2n) is 5.71. The van der Waals surface area contributed by atoms with Gasteiger partial charge in [0.15, 0.2) is 0 Å². The van der Waals surface area contributed by atoms with Crippen LogP contribution in [-0.4, -0.2) is 12.5 Å². The molecule has 1 heterocycles. The number of aryl methyl sites for hydroxylation is 1. The summed E-state index contributed by atoms with van der Waals surface area (Å²) in [7, 11) is 0. The summed E-state index contributed by atoms with van der Waals surface area (Å²) in [6, 6.07) is 6.38. The molecule has 0 saturated heterocycles. The molecule has 1 aliphatic carbocycles. The predicted octanol–water partition coefficient (Wildman–Crippen LogP) is 4.57. The largest absolute Gasteiger partial charge is 0.494 e. The van der Waals surface area contributed by atoms with E-state index in [2.05, 4.69) is 37.4 Å². The Balaban J connectivity index is 1.97. The highest BCUT2D eigenvalue weighted by atomic mass is 32.1. The van der Waals surface area contributed by atoms with Crippen LogP contribution in [0.25, 0.3) is 10.4 Å². The number of anilines is 1. The van der Waals surface area contributed by atoms with Gasteiger partial charge in [-0.3, -0.25) is 4.79 Å². The van der Waals surface area contributed by atoms with E-state index in [0.717, 1.165) is 36.6 Å². The fourth-order valence-electron chi connectivity index (χ4n) is 2.91. The number of carbonyl (C=O) groups is 1. The van der Waals surface area contributed by atoms with E-state index in [1.165, 1.54) is 27.1 Å². The maximum atomic E-state index is 11.3. The molecular formula is C18H21NO2S. The number of hydrogen-bond donors (Lipinski definition) is 1. The molecule has 22 heavy (non-hydrogen) atoms. The average Bonchev–Trinajstić information content (AvgIpc) is 2.81. The van der Waals surface area contributed by atoms with Gasteiger partial charge in [-0.15, -0.1) is 11.3 Å². The van der Waals surface area contributed by atoms with E-state index >= 15 is 0 Å². The van der Waals surface area contributed by atoms with Crippen molar-refractivity contribution in [3.8, 4) is 16.2 Å². The standard InChI is InChI=1S/C18H21NO2S/c1-4-9-21-14-6-8-16-13(10-14)5-7-15-11(2)18(19-12(3)20)22-17(15)16/h6,8,10H,4-5,7,9H2,1-3H3,(H,19,20). The molecule has 0 atom stereocenters. The molecule has 1 aliphatic rings. The summed E-state index contributed by atoms with van der Waals surface area (Å²) >= 11 is 1.68. The van der Waals surface area contributed by atoms with Crippen LogP contribution in [0.15, 0.2) is 18.2 Å². The molecule has 1 aromatic carbocycles. The number of thiophene rings is 1. The Morgan fingerprint density at radius 1 is 1.36 bits per heavy atom. The van der Waals surface area contributed by atoms with Gasteiger partial charge in [0, 0.05) is 11.8 Å². The summed E-state index contributed by atoms with van der Waals surface area (Å²) in [5.74, 6) is 0.949. The number of nitrogens with one attached hydrogen (secondary N) is 1. The van der Waals surface area contributed by atoms with E-state index in [1.54, 1.807) is 18.3 Å². The molecule has 0 saturated carbocycles. The van der Waals surface area contributed by atoms with E-state index in [1.807, 2.05) is 0 Å². The third kappa shape index (κ3) is 2.75. The van der Waals surface area contributed by atoms with Gasteiger partial charge in [-0.05, 0) is 66.6 Å². The summed E-state index contributed by atoms with van der Waals surface area (Å²) in [6.45, 7) is 6.53. The lowest BCUT2D eigenvalue weighted by molar-refractivity contribution is -0.114. The number of rotatable bonds is 4. The maximum Gasteiger partial charge on any atom is 0.221 e. The van der Waals surface area contributed by atoms with Crippen molar-refractivity contribution in [1.29, 1.82) is 0 Å². The molecule has 0 spiro atoms. The average molecular weight is 315 g/mol. The van der Waals surface area contributed by atoms with Gasteiger partial charge in [0.25, 0.3) is 0 Å². The van der Waals surface area contributed by atoms with Crippen molar-refractivity contribution in [2.75, 3.05) is 11.9 Å². The van der Waals surface area contributed by atoms with Crippen molar-refractivity contribution in [3.63, 3.8) is 0 Å². The Bertz CT molecular complexity index is 718. The molecule has 1 amide bonds. The minimum atomic E-state index is -0.00904. The SMILES string of the molecule is CCCOc1ccc2c(c1)CCc1c-2sc(NC(C)=O)c1C. The second kappa shape index (κ2) is 6.13. The van der Waals surface area contributed by atoms with Gasteiger partial charge in [-0.1, -0.05) is 6.92 Å². The molecule has 3 nitrogen and oxygen atoms in total. The molecule has 116 valence electrons. The third-order valence-electron chi connectivity index (χ3n) is 4.00. The van der Waals surface area contributed by atoms with E-state index < -0.39 is 0 Å². The molecule has 0 aliphatic heterocycles. The first-order valence-electron chi connectivity index (χ1n) is 7.76. The molecule has 1 aromatic heterocycles. The van der Waals surface area contributed by atoms with Gasteiger partial charge in [0.05, 0.1) is 11.6 Å². The number of benzene rings is 1. The van der Waals surface area contributed by atoms with Crippen LogP contribution >= 0.6 is 11.3 Å². The fraction of sp³-hybridized carbons (Fsp3) is 0.389. The first kappa shape index (κ1) is 15.1. The van der Waals surface area contributed by atoms with Gasteiger partial charge in [-0.2, -0.15) is 0 Å². The molecular weight excluding hydrogens is 294 g/mol. The van der Waals surface area contributed by atoms with Crippen LogP contribution in [0.2, 0.25) is 0 Å². The fourth-order valence-corrected chi connectivity index (χ4v) is 4.28. The van der Waals surface area contributed by atoms with E-state index in [9.17, 15) is 4.79 Å². The van der Waals surface area contributed by atoms with Crippen LogP contribution in [0.3, 0.4) is 0 Å². The van der Waals surface area contributed by atoms with E-state index in [0.29, 0.717) is 0 Å². The Morgan fingerprint density at radius 3 is 2.91 bits per heavy atom. The van der Waals surface area contributed by atoms with Crippen LogP contribution in [-0.2, 0) is 17.6 Å². The lowest BCUT2D eigenvalue weighted by atomic mass is 9.89. The van der Waals surface area contributed by atoms with Crippen molar-refractivity contribution in [3.05, 3.63) is 34.9 Å². The van der Waals surface area contributed by atoms with E-state index in [-0.39, 0.29) is 5.91 Å². The van der Waals surface area contributed by atoms with Crippen molar-refractivity contribution >= 4 is 22.2 Å². The Labute approximate surface area is 135 Å². The predicted molar refractivity (Wildman–Crippen MR) is 92.0 cm³/mol. The van der Waals surface area contributed by atoms with Crippen molar-refractivity contribution < 1.29 is 9.53 Å². The first-order chi connectivity index (χ1) is 10.6. The summed E-state index contributed by atoms with van der Waals surface area (Å²) in [5.41, 5.74) is 5.22. The summed E-state index contributed by atoms with van der Waals surface area (Å²) in [4.78, 5) is 12.6. The van der Waals surface area contributed by atoms with Crippen LogP contribution in [0.5, 0.6) is 5.75 Å². The van der Waals surface area contributed by atoms with Gasteiger partial charge in [-0.25, -0.2) is 0 Å². The number of fused-ring (bicyclic) bond motifs is 3. The van der Waals surface area contributed by atoms with Crippen LogP contribution in [0.4, 0.5) is 5.00 Å². The Morgan fingerprint density at radius 2 is 2.18 bits per heavy atom. The van der Waals surface area contributed by atoms with Crippen molar-refractivity contribution in [1.82, 2.24) is 0 Å². The minimum Gasteiger partial charge on any atom is -0.494 e. The normalized spacial score (nSPS) is 12.5. The zero-order chi connectivity index (χ0) is 15.7. The molecule has 0 unspecified atom stereocenters. The molecule has 1 N–H and O–H groups in total. The molecule has 2 aromatic rings. The smallest absolute Gasteiger partial charge is 0.221 e. The van der Waals surface area contributed by atoms with Crippen LogP contribution in [0, 0.1) is 6.92 Å². The van der Waals surface area contributed by atoms with Crippen LogP contribution in [0.1, 0.15) is 37.0 Å². The van der Waals surface area contributed by atoms with Gasteiger partial charge in [0.2, 0.25) is 5.91 Å². The van der Waals surface area contributed by atoms with Crippen molar-refractivity contribution in [2.24, 2.45) is 0 Å². The lowest BCUT2D eigenvalue weighted by Gasteiger charge is -2.18. The highest BCUT2D eigenvalue weighted by Gasteiger charge is 2.23. The summed E-state index contributed by atoms with van der Waals surface area (Å²) in [5, 5.41) is 3.94. The highest BCUT2D eigenvalue weighted by molar-refractivity contribution is 7.20.